The molecule has 3 rings (SSSR count). The van der Waals surface area contributed by atoms with Gasteiger partial charge in [-0.3, -0.25) is 4.79 Å². The van der Waals surface area contributed by atoms with Crippen LogP contribution in [-0.2, 0) is 9.53 Å². The van der Waals surface area contributed by atoms with Crippen LogP contribution in [0.15, 0.2) is 18.2 Å². The zero-order valence-electron chi connectivity index (χ0n) is 9.28. The van der Waals surface area contributed by atoms with Crippen LogP contribution < -0.4 is 10.1 Å². The number of rotatable bonds is 1. The van der Waals surface area contributed by atoms with Crippen molar-refractivity contribution in [2.24, 2.45) is 0 Å². The minimum absolute atomic E-state index is 0.132. The molecule has 17 heavy (non-hydrogen) atoms. The van der Waals surface area contributed by atoms with Gasteiger partial charge in [0.2, 0.25) is 0 Å². The van der Waals surface area contributed by atoms with Crippen LogP contribution in [0.4, 0.5) is 5.69 Å². The van der Waals surface area contributed by atoms with E-state index in [1.165, 1.54) is 7.11 Å². The first-order chi connectivity index (χ1) is 8.14. The Labute approximate surface area is 97.7 Å². The summed E-state index contributed by atoms with van der Waals surface area (Å²) in [5.74, 6) is 0.0375. The van der Waals surface area contributed by atoms with E-state index in [4.69, 9.17) is 4.74 Å². The van der Waals surface area contributed by atoms with Gasteiger partial charge < -0.3 is 14.8 Å². The normalized spacial score (nSPS) is 19.0. The minimum atomic E-state index is -0.653. The van der Waals surface area contributed by atoms with Gasteiger partial charge in [0, 0.05) is 12.8 Å². The molecule has 0 saturated heterocycles. The van der Waals surface area contributed by atoms with Crippen LogP contribution in [-0.4, -0.2) is 24.6 Å². The van der Waals surface area contributed by atoms with Crippen molar-refractivity contribution in [2.75, 3.05) is 12.4 Å². The molecule has 1 aromatic rings. The van der Waals surface area contributed by atoms with Crippen molar-refractivity contribution in [1.29, 1.82) is 0 Å². The first-order valence-corrected chi connectivity index (χ1v) is 5.37. The molecular weight excluding hydrogens is 222 g/mol. The highest BCUT2D eigenvalue weighted by atomic mass is 16.5. The quantitative estimate of drug-likeness (QED) is 0.743. The number of methoxy groups -OCH3 is 1. The van der Waals surface area contributed by atoms with Crippen LogP contribution >= 0.6 is 0 Å². The number of ether oxygens (including phenoxy) is 2. The summed E-state index contributed by atoms with van der Waals surface area (Å²) in [5, 5.41) is 2.76. The molecule has 5 heteroatoms. The van der Waals surface area contributed by atoms with E-state index in [9.17, 15) is 9.59 Å². The van der Waals surface area contributed by atoms with Crippen LogP contribution in [0.3, 0.4) is 0 Å². The summed E-state index contributed by atoms with van der Waals surface area (Å²) in [5.41, 5.74) is 0.261. The van der Waals surface area contributed by atoms with Gasteiger partial charge >= 0.3 is 5.97 Å². The van der Waals surface area contributed by atoms with Gasteiger partial charge in [-0.25, -0.2) is 4.79 Å². The van der Waals surface area contributed by atoms with Crippen LogP contribution in [0.1, 0.15) is 23.2 Å². The first-order valence-electron chi connectivity index (χ1n) is 5.37. The fourth-order valence-corrected chi connectivity index (χ4v) is 1.90. The van der Waals surface area contributed by atoms with Gasteiger partial charge in [-0.15, -0.1) is 0 Å². The molecule has 2 aliphatic rings. The second-order valence-electron chi connectivity index (χ2n) is 4.25. The van der Waals surface area contributed by atoms with Crippen molar-refractivity contribution >= 4 is 17.6 Å². The molecule has 1 heterocycles. The summed E-state index contributed by atoms with van der Waals surface area (Å²) < 4.78 is 10.3. The number of fused-ring (bicyclic) bond motifs is 1. The number of carbonyl (C=O) groups excluding carboxylic acids is 2. The Morgan fingerprint density at radius 3 is 2.88 bits per heavy atom. The summed E-state index contributed by atoms with van der Waals surface area (Å²) in [6.07, 6.45) is 1.49. The lowest BCUT2D eigenvalue weighted by atomic mass is 10.1. The molecule has 0 bridgehead atoms. The number of benzene rings is 1. The largest absolute Gasteiger partial charge is 0.475 e. The number of anilines is 1. The molecule has 0 aromatic heterocycles. The lowest BCUT2D eigenvalue weighted by Crippen LogP contribution is -2.39. The van der Waals surface area contributed by atoms with E-state index < -0.39 is 11.6 Å². The van der Waals surface area contributed by atoms with Crippen LogP contribution in [0, 0.1) is 0 Å². The average Bonchev–Trinajstić information content (AvgIpc) is 3.10. The molecule has 1 spiro atoms. The Bertz CT molecular complexity index is 519. The van der Waals surface area contributed by atoms with Gasteiger partial charge in [0.15, 0.2) is 5.60 Å². The number of amides is 1. The highest BCUT2D eigenvalue weighted by Crippen LogP contribution is 2.46. The van der Waals surface area contributed by atoms with Gasteiger partial charge in [0.25, 0.3) is 5.91 Å². The molecule has 0 atom stereocenters. The molecule has 1 fully saturated rings. The maximum Gasteiger partial charge on any atom is 0.337 e. The van der Waals surface area contributed by atoms with Crippen molar-refractivity contribution in [1.82, 2.24) is 0 Å². The van der Waals surface area contributed by atoms with E-state index in [0.717, 1.165) is 12.8 Å². The molecule has 88 valence electrons. The molecule has 0 radical (unpaired) electrons. The third-order valence-electron chi connectivity index (χ3n) is 3.07. The predicted octanol–water partition coefficient (Wildman–Crippen LogP) is 1.34. The van der Waals surface area contributed by atoms with Crippen LogP contribution in [0.2, 0.25) is 0 Å². The fourth-order valence-electron chi connectivity index (χ4n) is 1.90. The van der Waals surface area contributed by atoms with E-state index in [0.29, 0.717) is 17.0 Å². The van der Waals surface area contributed by atoms with Crippen molar-refractivity contribution in [3.05, 3.63) is 23.8 Å². The summed E-state index contributed by atoms with van der Waals surface area (Å²) in [6, 6.07) is 4.87. The van der Waals surface area contributed by atoms with Crippen LogP contribution in [0.5, 0.6) is 5.75 Å². The Hall–Kier alpha value is -2.04. The monoisotopic (exact) mass is 233 g/mol. The SMILES string of the molecule is COC(=O)c1ccc2c(c1)NC(=O)C1(CC1)O2. The van der Waals surface area contributed by atoms with E-state index >= 15 is 0 Å². The third-order valence-corrected chi connectivity index (χ3v) is 3.07. The second kappa shape index (κ2) is 3.23. The molecule has 5 nitrogen and oxygen atoms in total. The van der Waals surface area contributed by atoms with Crippen LogP contribution in [0.25, 0.3) is 0 Å². The topological polar surface area (TPSA) is 64.6 Å². The van der Waals surface area contributed by atoms with Crippen molar-refractivity contribution in [3.8, 4) is 5.75 Å². The number of hydrogen-bond donors (Lipinski definition) is 1. The van der Waals surface area contributed by atoms with Crippen molar-refractivity contribution in [2.45, 2.75) is 18.4 Å². The number of nitrogens with one attached hydrogen (secondary N) is 1. The van der Waals surface area contributed by atoms with E-state index in [-0.39, 0.29) is 5.91 Å². The Kier molecular flexibility index (Phi) is 1.92. The van der Waals surface area contributed by atoms with E-state index in [1.807, 2.05) is 0 Å². The van der Waals surface area contributed by atoms with Gasteiger partial charge in [0.1, 0.15) is 5.75 Å². The maximum absolute atomic E-state index is 11.7. The molecule has 1 aliphatic heterocycles. The standard InChI is InChI=1S/C12H11NO4/c1-16-10(14)7-2-3-9-8(6-7)13-11(15)12(17-9)4-5-12/h2-3,6H,4-5H2,1H3,(H,13,15). The van der Waals surface area contributed by atoms with Gasteiger partial charge in [-0.05, 0) is 18.2 Å². The van der Waals surface area contributed by atoms with Gasteiger partial charge in [-0.1, -0.05) is 0 Å². The lowest BCUT2D eigenvalue weighted by molar-refractivity contribution is -0.125. The van der Waals surface area contributed by atoms with Crippen molar-refractivity contribution in [3.63, 3.8) is 0 Å². The highest BCUT2D eigenvalue weighted by molar-refractivity contribution is 6.03. The smallest absolute Gasteiger partial charge is 0.337 e. The Morgan fingerprint density at radius 2 is 2.24 bits per heavy atom. The highest BCUT2D eigenvalue weighted by Gasteiger charge is 2.55. The number of esters is 1. The first kappa shape index (κ1) is 10.1. The fraction of sp³-hybridized carbons (Fsp3) is 0.333. The Morgan fingerprint density at radius 1 is 1.47 bits per heavy atom. The second-order valence-corrected chi connectivity index (χ2v) is 4.25. The van der Waals surface area contributed by atoms with E-state index in [1.54, 1.807) is 18.2 Å². The zero-order chi connectivity index (χ0) is 12.0. The zero-order valence-corrected chi connectivity index (χ0v) is 9.28. The summed E-state index contributed by atoms with van der Waals surface area (Å²) in [4.78, 5) is 23.1. The van der Waals surface area contributed by atoms with Gasteiger partial charge in [-0.2, -0.15) is 0 Å². The molecule has 1 aromatic carbocycles. The Balaban J connectivity index is 1.97. The molecule has 1 amide bonds. The summed E-state index contributed by atoms with van der Waals surface area (Å²) in [6.45, 7) is 0. The molecule has 0 unspecified atom stereocenters. The minimum Gasteiger partial charge on any atom is -0.475 e. The third kappa shape index (κ3) is 1.46. The lowest BCUT2D eigenvalue weighted by Gasteiger charge is -2.25. The number of carbonyl (C=O) groups is 2. The average molecular weight is 233 g/mol. The maximum atomic E-state index is 11.7. The predicted molar refractivity (Wildman–Crippen MR) is 59.0 cm³/mol. The van der Waals surface area contributed by atoms with E-state index in [2.05, 4.69) is 10.1 Å². The summed E-state index contributed by atoms with van der Waals surface area (Å²) >= 11 is 0. The molecule has 1 saturated carbocycles. The van der Waals surface area contributed by atoms with Gasteiger partial charge in [0.05, 0.1) is 18.4 Å². The number of hydrogen-bond acceptors (Lipinski definition) is 4. The van der Waals surface area contributed by atoms with Crippen molar-refractivity contribution < 1.29 is 19.1 Å². The molecular formula is C12H11NO4. The summed E-state index contributed by atoms with van der Waals surface area (Å²) in [7, 11) is 1.32. The molecule has 1 N–H and O–H groups in total. The molecule has 1 aliphatic carbocycles.